The molecule has 1 heterocycles. The minimum Gasteiger partial charge on any atom is -0.382 e. The molecular formula is C21H34IN5O. The van der Waals surface area contributed by atoms with E-state index in [1.807, 2.05) is 13.0 Å². The van der Waals surface area contributed by atoms with Gasteiger partial charge < -0.3 is 15.4 Å². The highest BCUT2D eigenvalue weighted by Crippen LogP contribution is 2.16. The largest absolute Gasteiger partial charge is 0.382 e. The van der Waals surface area contributed by atoms with Crippen molar-refractivity contribution in [1.82, 2.24) is 20.4 Å². The predicted octanol–water partition coefficient (Wildman–Crippen LogP) is 3.65. The molecule has 0 bridgehead atoms. The molecule has 0 unspecified atom stereocenters. The van der Waals surface area contributed by atoms with E-state index in [1.54, 1.807) is 0 Å². The van der Waals surface area contributed by atoms with Crippen LogP contribution in [-0.2, 0) is 17.8 Å². The number of rotatable bonds is 10. The highest BCUT2D eigenvalue weighted by atomic mass is 127. The molecule has 28 heavy (non-hydrogen) atoms. The van der Waals surface area contributed by atoms with Crippen LogP contribution in [-0.4, -0.2) is 42.0 Å². The van der Waals surface area contributed by atoms with Crippen LogP contribution >= 0.6 is 24.0 Å². The highest BCUT2D eigenvalue weighted by molar-refractivity contribution is 14.0. The van der Waals surface area contributed by atoms with E-state index >= 15 is 0 Å². The van der Waals surface area contributed by atoms with E-state index < -0.39 is 0 Å². The van der Waals surface area contributed by atoms with Gasteiger partial charge in [0.05, 0.1) is 18.8 Å². The summed E-state index contributed by atoms with van der Waals surface area (Å²) in [4.78, 5) is 4.74. The number of aryl methyl sites for hydroxylation is 1. The molecule has 6 nitrogen and oxygen atoms in total. The zero-order chi connectivity index (χ0) is 19.5. The van der Waals surface area contributed by atoms with Gasteiger partial charge in [0.2, 0.25) is 0 Å². The number of guanidine groups is 1. The second-order valence-corrected chi connectivity index (χ2v) is 6.47. The highest BCUT2D eigenvalue weighted by Gasteiger charge is 2.11. The first kappa shape index (κ1) is 24.4. The van der Waals surface area contributed by atoms with Gasteiger partial charge in [-0.1, -0.05) is 30.3 Å². The summed E-state index contributed by atoms with van der Waals surface area (Å²) >= 11 is 0. The lowest BCUT2D eigenvalue weighted by atomic mass is 10.2. The van der Waals surface area contributed by atoms with Gasteiger partial charge in [0.15, 0.2) is 5.96 Å². The van der Waals surface area contributed by atoms with E-state index in [2.05, 4.69) is 60.4 Å². The van der Waals surface area contributed by atoms with E-state index in [1.165, 1.54) is 16.8 Å². The zero-order valence-corrected chi connectivity index (χ0v) is 19.8. The number of halogens is 1. The Balaban J connectivity index is 0.00000392. The standard InChI is InChI=1S/C21H33N5O.HI/c1-5-22-21(23-13-10-14-27-6-2)24-15-20-17(3)25-26(18(20)4)16-19-11-8-7-9-12-19;/h7-9,11-12H,5-6,10,13-16H2,1-4H3,(H2,22,23,24);1H. The number of ether oxygens (including phenoxy) is 1. The van der Waals surface area contributed by atoms with Crippen molar-refractivity contribution in [2.45, 2.75) is 47.2 Å². The van der Waals surface area contributed by atoms with Crippen LogP contribution in [0.2, 0.25) is 0 Å². The summed E-state index contributed by atoms with van der Waals surface area (Å²) in [6, 6.07) is 10.4. The lowest BCUT2D eigenvalue weighted by molar-refractivity contribution is 0.145. The molecule has 0 aliphatic heterocycles. The molecule has 2 rings (SSSR count). The van der Waals surface area contributed by atoms with Crippen LogP contribution in [0.5, 0.6) is 0 Å². The van der Waals surface area contributed by atoms with Gasteiger partial charge in [-0.25, -0.2) is 4.99 Å². The van der Waals surface area contributed by atoms with Crippen molar-refractivity contribution in [2.75, 3.05) is 26.3 Å². The Morgan fingerprint density at radius 3 is 2.57 bits per heavy atom. The Labute approximate surface area is 186 Å². The minimum absolute atomic E-state index is 0. The number of hydrogen-bond donors (Lipinski definition) is 2. The Hall–Kier alpha value is -1.61. The van der Waals surface area contributed by atoms with Gasteiger partial charge >= 0.3 is 0 Å². The third kappa shape index (κ3) is 7.79. The average molecular weight is 499 g/mol. The third-order valence-electron chi connectivity index (χ3n) is 4.41. The molecule has 156 valence electrons. The lowest BCUT2D eigenvalue weighted by Crippen LogP contribution is -2.38. The summed E-state index contributed by atoms with van der Waals surface area (Å²) < 4.78 is 7.44. The van der Waals surface area contributed by atoms with Crippen molar-refractivity contribution in [3.05, 3.63) is 52.8 Å². The van der Waals surface area contributed by atoms with Crippen LogP contribution in [0.15, 0.2) is 35.3 Å². The van der Waals surface area contributed by atoms with Crippen molar-refractivity contribution in [2.24, 2.45) is 4.99 Å². The fourth-order valence-electron chi connectivity index (χ4n) is 2.90. The van der Waals surface area contributed by atoms with E-state index in [-0.39, 0.29) is 24.0 Å². The number of aliphatic imine (C=N–C) groups is 1. The maximum Gasteiger partial charge on any atom is 0.191 e. The Kier molecular flexibility index (Phi) is 11.8. The molecule has 0 amide bonds. The Bertz CT molecular complexity index is 715. The smallest absolute Gasteiger partial charge is 0.191 e. The molecule has 1 aromatic heterocycles. The van der Waals surface area contributed by atoms with Crippen molar-refractivity contribution in [3.8, 4) is 0 Å². The number of nitrogens with one attached hydrogen (secondary N) is 2. The average Bonchev–Trinajstić information content (AvgIpc) is 2.93. The zero-order valence-electron chi connectivity index (χ0n) is 17.5. The lowest BCUT2D eigenvalue weighted by Gasteiger charge is -2.11. The molecule has 0 radical (unpaired) electrons. The van der Waals surface area contributed by atoms with Crippen LogP contribution in [0, 0.1) is 13.8 Å². The van der Waals surface area contributed by atoms with E-state index in [4.69, 9.17) is 14.8 Å². The van der Waals surface area contributed by atoms with Crippen molar-refractivity contribution >= 4 is 29.9 Å². The van der Waals surface area contributed by atoms with Gasteiger partial charge in [0.1, 0.15) is 0 Å². The normalized spacial score (nSPS) is 11.2. The van der Waals surface area contributed by atoms with Gasteiger partial charge in [0.25, 0.3) is 0 Å². The van der Waals surface area contributed by atoms with E-state index in [0.717, 1.165) is 50.9 Å². The van der Waals surface area contributed by atoms with Crippen molar-refractivity contribution < 1.29 is 4.74 Å². The molecule has 1 aromatic carbocycles. The number of benzene rings is 1. The topological polar surface area (TPSA) is 63.5 Å². The number of nitrogens with zero attached hydrogens (tertiary/aromatic N) is 3. The fourth-order valence-corrected chi connectivity index (χ4v) is 2.90. The van der Waals surface area contributed by atoms with Gasteiger partial charge in [0, 0.05) is 37.6 Å². The minimum atomic E-state index is 0. The molecule has 0 spiro atoms. The Morgan fingerprint density at radius 1 is 1.14 bits per heavy atom. The summed E-state index contributed by atoms with van der Waals surface area (Å²) in [6.07, 6.45) is 0.964. The quantitative estimate of drug-likeness (QED) is 0.227. The predicted molar refractivity (Wildman–Crippen MR) is 127 cm³/mol. The van der Waals surface area contributed by atoms with E-state index in [9.17, 15) is 0 Å². The SMILES string of the molecule is CCNC(=NCc1c(C)nn(Cc2ccccc2)c1C)NCCCOCC.I. The first-order valence-electron chi connectivity index (χ1n) is 9.82. The monoisotopic (exact) mass is 499 g/mol. The summed E-state index contributed by atoms with van der Waals surface area (Å²) in [5.74, 6) is 0.837. The van der Waals surface area contributed by atoms with Crippen molar-refractivity contribution in [3.63, 3.8) is 0 Å². The Morgan fingerprint density at radius 2 is 1.89 bits per heavy atom. The molecule has 2 N–H and O–H groups in total. The van der Waals surface area contributed by atoms with Gasteiger partial charge in [-0.2, -0.15) is 5.10 Å². The molecule has 0 saturated heterocycles. The molecule has 0 aliphatic rings. The van der Waals surface area contributed by atoms with Crippen LogP contribution in [0.3, 0.4) is 0 Å². The molecule has 0 fully saturated rings. The summed E-state index contributed by atoms with van der Waals surface area (Å²) in [7, 11) is 0. The summed E-state index contributed by atoms with van der Waals surface area (Å²) in [5.41, 5.74) is 4.66. The van der Waals surface area contributed by atoms with Gasteiger partial charge in [-0.15, -0.1) is 24.0 Å². The summed E-state index contributed by atoms with van der Waals surface area (Å²) in [6.45, 7) is 12.9. The van der Waals surface area contributed by atoms with Gasteiger partial charge in [-0.05, 0) is 39.7 Å². The van der Waals surface area contributed by atoms with Crippen LogP contribution in [0.25, 0.3) is 0 Å². The van der Waals surface area contributed by atoms with Crippen LogP contribution in [0.1, 0.15) is 42.8 Å². The van der Waals surface area contributed by atoms with Gasteiger partial charge in [-0.3, -0.25) is 4.68 Å². The molecule has 0 saturated carbocycles. The maximum absolute atomic E-state index is 5.38. The van der Waals surface area contributed by atoms with Crippen LogP contribution < -0.4 is 10.6 Å². The first-order chi connectivity index (χ1) is 13.2. The first-order valence-corrected chi connectivity index (χ1v) is 9.82. The molecule has 0 atom stereocenters. The molecular weight excluding hydrogens is 465 g/mol. The molecule has 2 aromatic rings. The third-order valence-corrected chi connectivity index (χ3v) is 4.41. The fraction of sp³-hybridized carbons (Fsp3) is 0.524. The molecule has 0 aliphatic carbocycles. The number of aromatic nitrogens is 2. The number of hydrogen-bond acceptors (Lipinski definition) is 3. The molecule has 7 heteroatoms. The van der Waals surface area contributed by atoms with Crippen molar-refractivity contribution in [1.29, 1.82) is 0 Å². The second-order valence-electron chi connectivity index (χ2n) is 6.47. The van der Waals surface area contributed by atoms with E-state index in [0.29, 0.717) is 6.54 Å². The maximum atomic E-state index is 5.38. The summed E-state index contributed by atoms with van der Waals surface area (Å²) in [5, 5.41) is 11.4. The second kappa shape index (κ2) is 13.5. The van der Waals surface area contributed by atoms with Crippen LogP contribution in [0.4, 0.5) is 0 Å².